The van der Waals surface area contributed by atoms with Crippen LogP contribution in [0.3, 0.4) is 0 Å². The van der Waals surface area contributed by atoms with E-state index in [0.29, 0.717) is 26.1 Å². The summed E-state index contributed by atoms with van der Waals surface area (Å²) in [6, 6.07) is -0.0790. The van der Waals surface area contributed by atoms with Gasteiger partial charge in [-0.15, -0.1) is 0 Å². The normalized spacial score (nSPS) is 28.2. The summed E-state index contributed by atoms with van der Waals surface area (Å²) in [7, 11) is -3.14. The number of hydrogen-bond donors (Lipinski definition) is 1. The van der Waals surface area contributed by atoms with Crippen molar-refractivity contribution in [2.24, 2.45) is 5.73 Å². The van der Waals surface area contributed by atoms with Crippen molar-refractivity contribution in [3.8, 4) is 0 Å². The summed E-state index contributed by atoms with van der Waals surface area (Å²) in [5, 5.41) is 0. The smallest absolute Gasteiger partial charge is 0.214 e. The van der Waals surface area contributed by atoms with Gasteiger partial charge < -0.3 is 10.5 Å². The van der Waals surface area contributed by atoms with Gasteiger partial charge in [0.15, 0.2) is 0 Å². The molecule has 1 aliphatic heterocycles. The molecule has 0 aromatic rings. The molecule has 0 aliphatic carbocycles. The molecule has 0 aromatic carbocycles. The quantitative estimate of drug-likeness (QED) is 0.754. The Hall–Kier alpha value is -0.170. The second-order valence-electron chi connectivity index (χ2n) is 4.28. The van der Waals surface area contributed by atoms with Crippen LogP contribution >= 0.6 is 0 Å². The Labute approximate surface area is 98.0 Å². The Morgan fingerprint density at radius 3 is 2.75 bits per heavy atom. The highest BCUT2D eigenvalue weighted by molar-refractivity contribution is 7.89. The van der Waals surface area contributed by atoms with Crippen molar-refractivity contribution in [3.05, 3.63) is 0 Å². The number of ether oxygens (including phenoxy) is 1. The summed E-state index contributed by atoms with van der Waals surface area (Å²) in [6.45, 7) is 5.06. The summed E-state index contributed by atoms with van der Waals surface area (Å²) < 4.78 is 31.1. The Morgan fingerprint density at radius 1 is 1.50 bits per heavy atom. The standard InChI is InChI=1S/C10H22N2O3S/c1-3-4-5-16(13,14)12-7-10(6-11)15-8-9(12)2/h9-10H,3-8,11H2,1-2H3. The zero-order valence-corrected chi connectivity index (χ0v) is 10.9. The Morgan fingerprint density at radius 2 is 2.19 bits per heavy atom. The maximum atomic E-state index is 12.0. The van der Waals surface area contributed by atoms with E-state index in [9.17, 15) is 8.42 Å². The molecule has 2 N–H and O–H groups in total. The van der Waals surface area contributed by atoms with Gasteiger partial charge in [-0.25, -0.2) is 8.42 Å². The molecule has 6 heteroatoms. The fourth-order valence-corrected chi connectivity index (χ4v) is 3.66. The van der Waals surface area contributed by atoms with Gasteiger partial charge in [-0.2, -0.15) is 4.31 Å². The average Bonchev–Trinajstić information content (AvgIpc) is 2.27. The maximum Gasteiger partial charge on any atom is 0.214 e. The molecule has 1 fully saturated rings. The van der Waals surface area contributed by atoms with Crippen molar-refractivity contribution >= 4 is 10.0 Å². The third-order valence-electron chi connectivity index (χ3n) is 2.82. The molecule has 1 aliphatic rings. The van der Waals surface area contributed by atoms with Crippen LogP contribution in [0.25, 0.3) is 0 Å². The summed E-state index contributed by atoms with van der Waals surface area (Å²) in [5.74, 6) is 0.227. The number of sulfonamides is 1. The van der Waals surface area contributed by atoms with E-state index in [2.05, 4.69) is 0 Å². The van der Waals surface area contributed by atoms with E-state index >= 15 is 0 Å². The second-order valence-corrected chi connectivity index (χ2v) is 6.32. The van der Waals surface area contributed by atoms with Gasteiger partial charge in [0, 0.05) is 19.1 Å². The second kappa shape index (κ2) is 5.95. The summed E-state index contributed by atoms with van der Waals surface area (Å²) in [5.41, 5.74) is 5.51. The molecule has 96 valence electrons. The highest BCUT2D eigenvalue weighted by Crippen LogP contribution is 2.16. The van der Waals surface area contributed by atoms with Crippen LogP contribution in [0.15, 0.2) is 0 Å². The van der Waals surface area contributed by atoms with Gasteiger partial charge >= 0.3 is 0 Å². The number of unbranched alkanes of at least 4 members (excludes halogenated alkanes) is 1. The van der Waals surface area contributed by atoms with Gasteiger partial charge in [0.25, 0.3) is 0 Å². The minimum Gasteiger partial charge on any atom is -0.374 e. The van der Waals surface area contributed by atoms with Gasteiger partial charge in [0.05, 0.1) is 18.5 Å². The molecule has 0 spiro atoms. The molecule has 1 heterocycles. The highest BCUT2D eigenvalue weighted by Gasteiger charge is 2.33. The SMILES string of the molecule is CCCCS(=O)(=O)N1CC(CN)OCC1C. The number of nitrogens with two attached hydrogens (primary N) is 1. The summed E-state index contributed by atoms with van der Waals surface area (Å²) in [4.78, 5) is 0. The average molecular weight is 250 g/mol. The Bertz CT molecular complexity index is 305. The number of rotatable bonds is 5. The predicted octanol–water partition coefficient (Wildman–Crippen LogP) is 0.164. The molecule has 5 nitrogen and oxygen atoms in total. The van der Waals surface area contributed by atoms with Crippen molar-refractivity contribution in [2.45, 2.75) is 38.8 Å². The van der Waals surface area contributed by atoms with E-state index in [-0.39, 0.29) is 17.9 Å². The molecule has 0 bridgehead atoms. The van der Waals surface area contributed by atoms with Crippen LogP contribution < -0.4 is 5.73 Å². The first-order valence-electron chi connectivity index (χ1n) is 5.82. The molecule has 16 heavy (non-hydrogen) atoms. The molecule has 2 unspecified atom stereocenters. The summed E-state index contributed by atoms with van der Waals surface area (Å²) in [6.07, 6.45) is 1.44. The summed E-state index contributed by atoms with van der Waals surface area (Å²) >= 11 is 0. The van der Waals surface area contributed by atoms with Crippen LogP contribution in [0, 0.1) is 0 Å². The first kappa shape index (κ1) is 13.9. The van der Waals surface area contributed by atoms with Crippen LogP contribution in [0.1, 0.15) is 26.7 Å². The van der Waals surface area contributed by atoms with Crippen molar-refractivity contribution in [1.82, 2.24) is 4.31 Å². The minimum atomic E-state index is -3.14. The number of nitrogens with zero attached hydrogens (tertiary/aromatic N) is 1. The fraction of sp³-hybridized carbons (Fsp3) is 1.00. The molecular weight excluding hydrogens is 228 g/mol. The van der Waals surface area contributed by atoms with Crippen molar-refractivity contribution in [1.29, 1.82) is 0 Å². The molecule has 0 aromatic heterocycles. The molecular formula is C10H22N2O3S. The maximum absolute atomic E-state index is 12.0. The van der Waals surface area contributed by atoms with Crippen LogP contribution in [0.5, 0.6) is 0 Å². The van der Waals surface area contributed by atoms with E-state index in [1.807, 2.05) is 13.8 Å². The first-order valence-corrected chi connectivity index (χ1v) is 7.43. The van der Waals surface area contributed by atoms with E-state index in [0.717, 1.165) is 6.42 Å². The van der Waals surface area contributed by atoms with Gasteiger partial charge in [-0.1, -0.05) is 13.3 Å². The zero-order valence-electron chi connectivity index (χ0n) is 10.1. The van der Waals surface area contributed by atoms with E-state index in [4.69, 9.17) is 10.5 Å². The van der Waals surface area contributed by atoms with Crippen LogP contribution in [-0.4, -0.2) is 50.3 Å². The van der Waals surface area contributed by atoms with Gasteiger partial charge in [-0.3, -0.25) is 0 Å². The molecule has 2 atom stereocenters. The monoisotopic (exact) mass is 250 g/mol. The van der Waals surface area contributed by atoms with Crippen LogP contribution in [-0.2, 0) is 14.8 Å². The largest absolute Gasteiger partial charge is 0.374 e. The molecule has 1 rings (SSSR count). The number of hydrogen-bond acceptors (Lipinski definition) is 4. The molecule has 0 radical (unpaired) electrons. The lowest BCUT2D eigenvalue weighted by Gasteiger charge is -2.36. The first-order chi connectivity index (χ1) is 7.51. The third kappa shape index (κ3) is 3.41. The topological polar surface area (TPSA) is 72.6 Å². The lowest BCUT2D eigenvalue weighted by Crippen LogP contribution is -2.53. The van der Waals surface area contributed by atoms with Gasteiger partial charge in [-0.05, 0) is 13.3 Å². The van der Waals surface area contributed by atoms with Crippen molar-refractivity contribution in [3.63, 3.8) is 0 Å². The molecule has 0 saturated carbocycles. The van der Waals surface area contributed by atoms with Crippen LogP contribution in [0.4, 0.5) is 0 Å². The van der Waals surface area contributed by atoms with E-state index in [1.54, 1.807) is 4.31 Å². The minimum absolute atomic E-state index is 0.0790. The lowest BCUT2D eigenvalue weighted by atomic mass is 10.2. The van der Waals surface area contributed by atoms with Crippen molar-refractivity contribution in [2.75, 3.05) is 25.4 Å². The number of morpholine rings is 1. The van der Waals surface area contributed by atoms with Gasteiger partial charge in [0.2, 0.25) is 10.0 Å². The molecule has 1 saturated heterocycles. The predicted molar refractivity (Wildman–Crippen MR) is 63.7 cm³/mol. The fourth-order valence-electron chi connectivity index (χ4n) is 1.77. The highest BCUT2D eigenvalue weighted by atomic mass is 32.2. The van der Waals surface area contributed by atoms with Gasteiger partial charge in [0.1, 0.15) is 0 Å². The lowest BCUT2D eigenvalue weighted by molar-refractivity contribution is -0.0219. The third-order valence-corrected chi connectivity index (χ3v) is 4.85. The van der Waals surface area contributed by atoms with E-state index in [1.165, 1.54) is 0 Å². The Kier molecular flexibility index (Phi) is 5.17. The van der Waals surface area contributed by atoms with E-state index < -0.39 is 10.0 Å². The van der Waals surface area contributed by atoms with Crippen molar-refractivity contribution < 1.29 is 13.2 Å². The zero-order chi connectivity index (χ0) is 12.2. The molecule has 0 amide bonds. The Balaban J connectivity index is 2.68. The van der Waals surface area contributed by atoms with Crippen LogP contribution in [0.2, 0.25) is 0 Å².